The zero-order valence-electron chi connectivity index (χ0n) is 9.54. The van der Waals surface area contributed by atoms with Crippen LogP contribution in [0.1, 0.15) is 10.4 Å². The van der Waals surface area contributed by atoms with Gasteiger partial charge in [0.25, 0.3) is 5.91 Å². The molecule has 18 heavy (non-hydrogen) atoms. The van der Waals surface area contributed by atoms with Crippen LogP contribution in [0.15, 0.2) is 34.7 Å². The molecule has 0 aliphatic carbocycles. The van der Waals surface area contributed by atoms with E-state index in [1.54, 1.807) is 12.1 Å². The molecule has 1 aromatic rings. The van der Waals surface area contributed by atoms with Gasteiger partial charge in [-0.3, -0.25) is 4.79 Å². The molecule has 0 aromatic heterocycles. The number of amides is 1. The highest BCUT2D eigenvalue weighted by Gasteiger charge is 2.27. The molecule has 0 spiro atoms. The van der Waals surface area contributed by atoms with Crippen LogP contribution in [0.5, 0.6) is 0 Å². The number of carbonyl (C=O) groups excluding carboxylic acids is 2. The molecular weight excluding hydrogens is 250 g/mol. The van der Waals surface area contributed by atoms with E-state index in [-0.39, 0.29) is 11.8 Å². The minimum Gasteiger partial charge on any atom is -0.465 e. The van der Waals surface area contributed by atoms with Crippen LogP contribution in [0.3, 0.4) is 0 Å². The lowest BCUT2D eigenvalue weighted by Crippen LogP contribution is -2.35. The summed E-state index contributed by atoms with van der Waals surface area (Å²) in [4.78, 5) is 28.3. The molecule has 0 fully saturated rings. The highest BCUT2D eigenvalue weighted by atomic mass is 32.2. The maximum Gasteiger partial charge on any atom is 0.337 e. The molecule has 1 atom stereocenters. The van der Waals surface area contributed by atoms with Gasteiger partial charge in [-0.1, -0.05) is 12.1 Å². The van der Waals surface area contributed by atoms with Crippen molar-refractivity contribution in [1.82, 2.24) is 0 Å². The van der Waals surface area contributed by atoms with E-state index in [1.807, 2.05) is 17.6 Å². The van der Waals surface area contributed by atoms with E-state index < -0.39 is 5.97 Å². The van der Waals surface area contributed by atoms with Crippen molar-refractivity contribution < 1.29 is 14.3 Å². The van der Waals surface area contributed by atoms with Crippen molar-refractivity contribution in [3.63, 3.8) is 0 Å². The Morgan fingerprint density at radius 1 is 1.44 bits per heavy atom. The van der Waals surface area contributed by atoms with Crippen molar-refractivity contribution in [3.05, 3.63) is 45.8 Å². The lowest BCUT2D eigenvalue weighted by atomic mass is 10.0. The van der Waals surface area contributed by atoms with Gasteiger partial charge in [0.05, 0.1) is 23.9 Å². The zero-order chi connectivity index (χ0) is 12.7. The van der Waals surface area contributed by atoms with Crippen molar-refractivity contribution in [2.75, 3.05) is 7.11 Å². The van der Waals surface area contributed by atoms with Gasteiger partial charge in [-0.25, -0.2) is 9.79 Å². The summed E-state index contributed by atoms with van der Waals surface area (Å²) < 4.78 is 4.65. The van der Waals surface area contributed by atoms with E-state index >= 15 is 0 Å². The number of hydrogen-bond donors (Lipinski definition) is 0. The van der Waals surface area contributed by atoms with E-state index in [0.717, 1.165) is 10.1 Å². The van der Waals surface area contributed by atoms with Gasteiger partial charge in [0.1, 0.15) is 0 Å². The second-order valence-electron chi connectivity index (χ2n) is 3.96. The lowest BCUT2D eigenvalue weighted by Gasteiger charge is -2.11. The third kappa shape index (κ3) is 1.59. The smallest absolute Gasteiger partial charge is 0.337 e. The molecule has 5 heteroatoms. The summed E-state index contributed by atoms with van der Waals surface area (Å²) in [5.41, 5.74) is 0.405. The molecule has 3 rings (SSSR count). The Balaban J connectivity index is 2.25. The molecule has 2 aliphatic heterocycles. The summed E-state index contributed by atoms with van der Waals surface area (Å²) in [7, 11) is 1.33. The highest BCUT2D eigenvalue weighted by molar-refractivity contribution is 8.10. The van der Waals surface area contributed by atoms with E-state index in [4.69, 9.17) is 0 Å². The number of carbonyl (C=O) groups is 2. The highest BCUT2D eigenvalue weighted by Crippen LogP contribution is 2.35. The van der Waals surface area contributed by atoms with Crippen LogP contribution in [0.25, 0.3) is 4.91 Å². The van der Waals surface area contributed by atoms with Crippen LogP contribution in [0, 0.1) is 5.92 Å². The number of nitrogens with zero attached hydrogens (tertiary/aromatic N) is 1. The van der Waals surface area contributed by atoms with Crippen molar-refractivity contribution in [2.45, 2.75) is 0 Å². The van der Waals surface area contributed by atoms with Crippen LogP contribution in [-0.2, 0) is 9.53 Å². The summed E-state index contributed by atoms with van der Waals surface area (Å²) >= 11 is 1.53. The molecule has 0 saturated heterocycles. The van der Waals surface area contributed by atoms with E-state index in [0.29, 0.717) is 10.9 Å². The first kappa shape index (κ1) is 11.2. The largest absolute Gasteiger partial charge is 0.465 e. The van der Waals surface area contributed by atoms with Crippen LogP contribution in [0.2, 0.25) is 0 Å². The molecule has 0 saturated carbocycles. The van der Waals surface area contributed by atoms with Crippen molar-refractivity contribution >= 4 is 28.5 Å². The van der Waals surface area contributed by atoms with Crippen molar-refractivity contribution in [1.29, 1.82) is 0 Å². The van der Waals surface area contributed by atoms with Gasteiger partial charge in [0.15, 0.2) is 0 Å². The fourth-order valence-corrected chi connectivity index (χ4v) is 3.05. The summed E-state index contributed by atoms with van der Waals surface area (Å²) in [5.74, 6) is -0.850. The Kier molecular flexibility index (Phi) is 2.56. The Labute approximate surface area is 107 Å². The van der Waals surface area contributed by atoms with Crippen molar-refractivity contribution in [3.8, 4) is 0 Å². The first-order valence-electron chi connectivity index (χ1n) is 5.39. The molecule has 4 nitrogen and oxygen atoms in total. The minimum atomic E-state index is -0.426. The predicted octanol–water partition coefficient (Wildman–Crippen LogP) is 0.618. The molecule has 1 unspecified atom stereocenters. The second-order valence-corrected chi connectivity index (χ2v) is 4.91. The summed E-state index contributed by atoms with van der Waals surface area (Å²) in [6, 6.07) is 5.11. The predicted molar refractivity (Wildman–Crippen MR) is 67.2 cm³/mol. The molecule has 2 heterocycles. The van der Waals surface area contributed by atoms with Gasteiger partial charge >= 0.3 is 5.97 Å². The molecule has 1 amide bonds. The van der Waals surface area contributed by atoms with Gasteiger partial charge in [-0.05, 0) is 17.5 Å². The molecule has 2 aliphatic rings. The fraction of sp³-hybridized carbons (Fsp3) is 0.154. The number of rotatable bonds is 1. The van der Waals surface area contributed by atoms with Gasteiger partial charge in [0.2, 0.25) is 0 Å². The van der Waals surface area contributed by atoms with Crippen molar-refractivity contribution in [2.24, 2.45) is 10.9 Å². The summed E-state index contributed by atoms with van der Waals surface area (Å²) in [6.45, 7) is 0. The van der Waals surface area contributed by atoms with Crippen LogP contribution >= 0.6 is 11.8 Å². The first-order valence-corrected chi connectivity index (χ1v) is 6.27. The molecule has 0 radical (unpaired) electrons. The fourth-order valence-electron chi connectivity index (χ4n) is 2.04. The number of methoxy groups -OCH3 is 1. The first-order chi connectivity index (χ1) is 8.70. The standard InChI is InChI=1S/C13H9NO3S/c1-17-13(16)7-2-3-8-10(6-7)14-12(15)9-4-5-18-11(8)9/h2-6,9H,1H3. The molecule has 0 N–H and O–H groups in total. The van der Waals surface area contributed by atoms with Gasteiger partial charge < -0.3 is 4.74 Å². The molecule has 1 aromatic carbocycles. The topological polar surface area (TPSA) is 55.7 Å². The average Bonchev–Trinajstić information content (AvgIpc) is 2.87. The van der Waals surface area contributed by atoms with Crippen LogP contribution in [0.4, 0.5) is 0 Å². The average molecular weight is 259 g/mol. The zero-order valence-corrected chi connectivity index (χ0v) is 10.4. The van der Waals surface area contributed by atoms with E-state index in [9.17, 15) is 9.59 Å². The molecule has 0 bridgehead atoms. The molecular formula is C13H9NO3S. The lowest BCUT2D eigenvalue weighted by molar-refractivity contribution is -0.119. The Bertz CT molecular complexity index is 705. The van der Waals surface area contributed by atoms with Gasteiger partial charge in [-0.2, -0.15) is 0 Å². The SMILES string of the molecule is COC(=O)c1ccc2c(c1)=NC(=O)C1C=CSC=21. The number of esters is 1. The van der Waals surface area contributed by atoms with Crippen LogP contribution in [-0.4, -0.2) is 19.0 Å². The Morgan fingerprint density at radius 3 is 3.06 bits per heavy atom. The van der Waals surface area contributed by atoms with E-state index in [2.05, 4.69) is 9.73 Å². The van der Waals surface area contributed by atoms with Gasteiger partial charge in [0, 0.05) is 10.1 Å². The second kappa shape index (κ2) is 4.10. The number of ether oxygens (including phenoxy) is 1. The minimum absolute atomic E-state index is 0.180. The third-order valence-electron chi connectivity index (χ3n) is 2.93. The van der Waals surface area contributed by atoms with Crippen LogP contribution < -0.4 is 10.6 Å². The Morgan fingerprint density at radius 2 is 2.28 bits per heavy atom. The number of hydrogen-bond acceptors (Lipinski definition) is 4. The summed E-state index contributed by atoms with van der Waals surface area (Å²) in [6.07, 6.45) is 1.85. The normalized spacial score (nSPS) is 20.2. The number of fused-ring (bicyclic) bond motifs is 2. The maximum absolute atomic E-state index is 11.8. The number of thioether (sulfide) groups is 1. The Hall–Kier alpha value is -1.88. The van der Waals surface area contributed by atoms with E-state index in [1.165, 1.54) is 18.9 Å². The number of benzene rings is 1. The quantitative estimate of drug-likeness (QED) is 0.694. The third-order valence-corrected chi connectivity index (χ3v) is 3.95. The summed E-state index contributed by atoms with van der Waals surface area (Å²) in [5, 5.41) is 3.36. The monoisotopic (exact) mass is 259 g/mol. The maximum atomic E-state index is 11.8. The van der Waals surface area contributed by atoms with Gasteiger partial charge in [-0.15, -0.1) is 11.8 Å². The molecule has 90 valence electrons.